The number of benzene rings is 2. The van der Waals surface area contributed by atoms with E-state index in [0.29, 0.717) is 13.8 Å². The lowest BCUT2D eigenvalue weighted by Crippen LogP contribution is -2.16. The summed E-state index contributed by atoms with van der Waals surface area (Å²) in [7, 11) is 0. The molecule has 126 valence electrons. The van der Waals surface area contributed by atoms with Gasteiger partial charge in [-0.15, -0.1) is 11.3 Å². The molecule has 1 amide bonds. The molecule has 0 atom stereocenters. The summed E-state index contributed by atoms with van der Waals surface area (Å²) in [6, 6.07) is 11.0. The zero-order chi connectivity index (χ0) is 18.0. The molecule has 2 aromatic carbocycles. The number of phenolic OH excluding ortho intramolecular Hbond substituents is 1. The first kappa shape index (κ1) is 17.3. The Hall–Kier alpha value is -2.53. The molecule has 0 aliphatic rings. The van der Waals surface area contributed by atoms with Gasteiger partial charge in [0.15, 0.2) is 0 Å². The van der Waals surface area contributed by atoms with Crippen molar-refractivity contribution in [2.45, 2.75) is 0 Å². The van der Waals surface area contributed by atoms with E-state index >= 15 is 0 Å². The number of nitro benzene ring substituents is 1. The average molecular weight is 467 g/mol. The highest BCUT2D eigenvalue weighted by molar-refractivity contribution is 14.1. The SMILES string of the molecule is O=C(NN=Cc1ccc(O)c(I)c1)c1cc2cc([N+](=O)[O-])ccc2s1. The second-order valence-corrected chi connectivity index (χ2v) is 7.25. The summed E-state index contributed by atoms with van der Waals surface area (Å²) in [4.78, 5) is 22.9. The second kappa shape index (κ2) is 7.15. The van der Waals surface area contributed by atoms with Crippen molar-refractivity contribution in [1.82, 2.24) is 5.43 Å². The number of hydrogen-bond acceptors (Lipinski definition) is 6. The molecule has 0 aliphatic carbocycles. The number of nitrogens with one attached hydrogen (secondary N) is 1. The summed E-state index contributed by atoms with van der Waals surface area (Å²) in [6.07, 6.45) is 1.47. The number of thiophene rings is 1. The van der Waals surface area contributed by atoms with Gasteiger partial charge in [0.05, 0.1) is 19.6 Å². The van der Waals surface area contributed by atoms with Crippen LogP contribution in [0.1, 0.15) is 15.2 Å². The van der Waals surface area contributed by atoms with Crippen LogP contribution in [0, 0.1) is 13.7 Å². The largest absolute Gasteiger partial charge is 0.507 e. The predicted octanol–water partition coefficient (Wildman–Crippen LogP) is 3.88. The van der Waals surface area contributed by atoms with Crippen LogP contribution in [-0.4, -0.2) is 22.2 Å². The summed E-state index contributed by atoms with van der Waals surface area (Å²) in [6.45, 7) is 0. The number of non-ortho nitro benzene ring substituents is 1. The highest BCUT2D eigenvalue weighted by Gasteiger charge is 2.12. The number of carbonyl (C=O) groups is 1. The van der Waals surface area contributed by atoms with Crippen molar-refractivity contribution < 1.29 is 14.8 Å². The lowest BCUT2D eigenvalue weighted by Gasteiger charge is -1.98. The van der Waals surface area contributed by atoms with E-state index in [-0.39, 0.29) is 11.4 Å². The van der Waals surface area contributed by atoms with Crippen molar-refractivity contribution in [3.63, 3.8) is 0 Å². The first-order valence-corrected chi connectivity index (χ1v) is 8.83. The van der Waals surface area contributed by atoms with Crippen LogP contribution in [0.2, 0.25) is 0 Å². The third-order valence-electron chi connectivity index (χ3n) is 3.29. The number of nitro groups is 1. The molecule has 0 spiro atoms. The van der Waals surface area contributed by atoms with Gasteiger partial charge in [0.25, 0.3) is 11.6 Å². The summed E-state index contributed by atoms with van der Waals surface area (Å²) >= 11 is 3.23. The Bertz CT molecular complexity index is 1020. The van der Waals surface area contributed by atoms with Gasteiger partial charge in [-0.2, -0.15) is 5.10 Å². The molecule has 0 fully saturated rings. The molecule has 3 aromatic rings. The fourth-order valence-electron chi connectivity index (χ4n) is 2.08. The van der Waals surface area contributed by atoms with Gasteiger partial charge in [0, 0.05) is 22.2 Å². The maximum atomic E-state index is 12.2. The summed E-state index contributed by atoms with van der Waals surface area (Å²) < 4.78 is 1.46. The van der Waals surface area contributed by atoms with Crippen LogP contribution >= 0.6 is 33.9 Å². The maximum Gasteiger partial charge on any atom is 0.281 e. The Labute approximate surface area is 159 Å². The van der Waals surface area contributed by atoms with Crippen molar-refractivity contribution in [2.75, 3.05) is 0 Å². The van der Waals surface area contributed by atoms with Crippen LogP contribution in [0.3, 0.4) is 0 Å². The first-order chi connectivity index (χ1) is 11.9. The fraction of sp³-hybridized carbons (Fsp3) is 0. The van der Waals surface area contributed by atoms with Gasteiger partial charge in [-0.05, 0) is 58.5 Å². The standard InChI is InChI=1S/C16H10IN3O4S/c17-12-5-9(1-3-13(12)21)8-18-19-16(22)15-7-10-6-11(20(23)24)2-4-14(10)25-15/h1-8,21H,(H,19,22). The Morgan fingerprint density at radius 1 is 1.28 bits per heavy atom. The van der Waals surface area contributed by atoms with E-state index in [9.17, 15) is 20.0 Å². The van der Waals surface area contributed by atoms with Gasteiger partial charge in [-0.25, -0.2) is 5.43 Å². The van der Waals surface area contributed by atoms with Crippen LogP contribution < -0.4 is 5.43 Å². The van der Waals surface area contributed by atoms with E-state index in [1.165, 1.54) is 29.7 Å². The Morgan fingerprint density at radius 3 is 2.80 bits per heavy atom. The lowest BCUT2D eigenvalue weighted by atomic mass is 10.2. The topological polar surface area (TPSA) is 105 Å². The molecule has 0 bridgehead atoms. The van der Waals surface area contributed by atoms with E-state index in [4.69, 9.17) is 0 Å². The number of halogens is 1. The smallest absolute Gasteiger partial charge is 0.281 e. The van der Waals surface area contributed by atoms with E-state index < -0.39 is 10.8 Å². The van der Waals surface area contributed by atoms with Gasteiger partial charge >= 0.3 is 0 Å². The molecule has 25 heavy (non-hydrogen) atoms. The quantitative estimate of drug-likeness (QED) is 0.263. The van der Waals surface area contributed by atoms with E-state index in [0.717, 1.165) is 10.3 Å². The monoisotopic (exact) mass is 467 g/mol. The molecule has 2 N–H and O–H groups in total. The minimum absolute atomic E-state index is 0.0165. The zero-order valence-electron chi connectivity index (χ0n) is 12.5. The number of aromatic hydroxyl groups is 1. The minimum Gasteiger partial charge on any atom is -0.507 e. The maximum absolute atomic E-state index is 12.2. The van der Waals surface area contributed by atoms with Crippen LogP contribution in [0.5, 0.6) is 5.75 Å². The molecule has 0 saturated carbocycles. The van der Waals surface area contributed by atoms with Gasteiger partial charge in [0.2, 0.25) is 0 Å². The highest BCUT2D eigenvalue weighted by atomic mass is 127. The zero-order valence-corrected chi connectivity index (χ0v) is 15.4. The molecule has 0 unspecified atom stereocenters. The predicted molar refractivity (Wildman–Crippen MR) is 104 cm³/mol. The average Bonchev–Trinajstić information content (AvgIpc) is 3.01. The lowest BCUT2D eigenvalue weighted by molar-refractivity contribution is -0.384. The van der Waals surface area contributed by atoms with Gasteiger partial charge in [-0.3, -0.25) is 14.9 Å². The number of rotatable bonds is 4. The van der Waals surface area contributed by atoms with Gasteiger partial charge < -0.3 is 5.11 Å². The van der Waals surface area contributed by atoms with Crippen molar-refractivity contribution in [3.8, 4) is 5.75 Å². The van der Waals surface area contributed by atoms with Gasteiger partial charge in [0.1, 0.15) is 5.75 Å². The molecular weight excluding hydrogens is 457 g/mol. The van der Waals surface area contributed by atoms with E-state index in [2.05, 4.69) is 10.5 Å². The van der Waals surface area contributed by atoms with Crippen molar-refractivity contribution >= 4 is 61.8 Å². The minimum atomic E-state index is -0.472. The summed E-state index contributed by atoms with van der Waals surface area (Å²) in [5.41, 5.74) is 3.14. The normalized spacial score (nSPS) is 11.1. The number of fused-ring (bicyclic) bond motifs is 1. The molecule has 0 radical (unpaired) electrons. The molecule has 3 rings (SSSR count). The van der Waals surface area contributed by atoms with Crippen LogP contribution in [-0.2, 0) is 0 Å². The Morgan fingerprint density at radius 2 is 2.08 bits per heavy atom. The number of amides is 1. The summed E-state index contributed by atoms with van der Waals surface area (Å²) in [5.74, 6) is -0.213. The second-order valence-electron chi connectivity index (χ2n) is 5.00. The molecule has 0 aliphatic heterocycles. The third kappa shape index (κ3) is 3.94. The highest BCUT2D eigenvalue weighted by Crippen LogP contribution is 2.28. The van der Waals surface area contributed by atoms with Crippen molar-refractivity contribution in [1.29, 1.82) is 0 Å². The molecule has 0 saturated heterocycles. The van der Waals surface area contributed by atoms with Crippen LogP contribution in [0.25, 0.3) is 10.1 Å². The number of hydrazone groups is 1. The van der Waals surface area contributed by atoms with Gasteiger partial charge in [-0.1, -0.05) is 0 Å². The molecule has 1 aromatic heterocycles. The molecule has 7 nitrogen and oxygen atoms in total. The number of hydrogen-bond donors (Lipinski definition) is 2. The fourth-order valence-corrected chi connectivity index (χ4v) is 3.55. The summed E-state index contributed by atoms with van der Waals surface area (Å²) in [5, 5.41) is 24.8. The molecule has 9 heteroatoms. The third-order valence-corrected chi connectivity index (χ3v) is 5.26. The van der Waals surface area contributed by atoms with Crippen molar-refractivity contribution in [2.24, 2.45) is 5.10 Å². The number of phenols is 1. The van der Waals surface area contributed by atoms with Crippen molar-refractivity contribution in [3.05, 3.63) is 66.6 Å². The number of carbonyl (C=O) groups excluding carboxylic acids is 1. The Kier molecular flexibility index (Phi) is 4.95. The first-order valence-electron chi connectivity index (χ1n) is 6.94. The van der Waals surface area contributed by atoms with E-state index in [1.807, 2.05) is 22.6 Å². The van der Waals surface area contributed by atoms with Crippen LogP contribution in [0.4, 0.5) is 5.69 Å². The van der Waals surface area contributed by atoms with E-state index in [1.54, 1.807) is 30.3 Å². The molecular formula is C16H10IN3O4S. The number of nitrogens with zero attached hydrogens (tertiary/aromatic N) is 2. The molecule has 1 heterocycles. The van der Waals surface area contributed by atoms with Crippen LogP contribution in [0.15, 0.2) is 47.6 Å². The Balaban J connectivity index is 1.74.